The lowest BCUT2D eigenvalue weighted by molar-refractivity contribution is 1.10. The molecular formula is C12H18S. The zero-order chi connectivity index (χ0) is 10.1. The smallest absolute Gasteiger partial charge is 0.0266 e. The predicted molar refractivity (Wildman–Crippen MR) is 64.2 cm³/mol. The first kappa shape index (κ1) is 12.3. The minimum atomic E-state index is 0.626. The Kier molecular flexibility index (Phi) is 7.51. The summed E-state index contributed by atoms with van der Waals surface area (Å²) >= 11 is 1.88. The minimum Gasteiger partial charge on any atom is -0.158 e. The summed E-state index contributed by atoms with van der Waals surface area (Å²) in [4.78, 5) is 0. The second-order valence-electron chi connectivity index (χ2n) is 2.70. The summed E-state index contributed by atoms with van der Waals surface area (Å²) in [5.74, 6) is 0. The molecule has 0 fully saturated rings. The molecule has 0 saturated heterocycles. The molecule has 0 N–H and O–H groups in total. The van der Waals surface area contributed by atoms with Gasteiger partial charge in [-0.15, -0.1) is 6.58 Å². The van der Waals surface area contributed by atoms with Crippen molar-refractivity contribution in [1.29, 1.82) is 0 Å². The van der Waals surface area contributed by atoms with Gasteiger partial charge < -0.3 is 0 Å². The molecule has 1 aromatic carbocycles. The zero-order valence-electron chi connectivity index (χ0n) is 8.66. The van der Waals surface area contributed by atoms with E-state index in [1.807, 2.05) is 18.7 Å². The van der Waals surface area contributed by atoms with E-state index in [4.69, 9.17) is 0 Å². The Balaban J connectivity index is 0.000000424. The average molecular weight is 194 g/mol. The van der Waals surface area contributed by atoms with Crippen molar-refractivity contribution in [2.45, 2.75) is 19.1 Å². The molecule has 1 heteroatoms. The Labute approximate surface area is 86.1 Å². The molecule has 0 aliphatic heterocycles. The summed E-state index contributed by atoms with van der Waals surface area (Å²) < 4.78 is 0. The van der Waals surface area contributed by atoms with Crippen LogP contribution >= 0.6 is 11.8 Å². The fraction of sp³-hybridized carbons (Fsp3) is 0.333. The average Bonchev–Trinajstić information content (AvgIpc) is 2.19. The first-order chi connectivity index (χ1) is 6.26. The van der Waals surface area contributed by atoms with Crippen molar-refractivity contribution in [2.75, 3.05) is 6.26 Å². The maximum atomic E-state index is 3.36. The van der Waals surface area contributed by atoms with Crippen LogP contribution in [-0.4, -0.2) is 6.26 Å². The first-order valence-corrected chi connectivity index (χ1v) is 5.69. The Hall–Kier alpha value is -0.690. The zero-order valence-corrected chi connectivity index (χ0v) is 9.47. The van der Waals surface area contributed by atoms with Gasteiger partial charge in [-0.3, -0.25) is 0 Å². The Morgan fingerprint density at radius 2 is 1.77 bits per heavy atom. The van der Waals surface area contributed by atoms with Gasteiger partial charge in [-0.25, -0.2) is 0 Å². The molecule has 0 bridgehead atoms. The number of allylic oxidation sites excluding steroid dienone is 1. The standard InChI is InChI=1S/C9H12S.C3H6/c1-8(10-2)9-6-4-3-5-7-9;1-3-2/h3-8H,1-2H3;3H,1H2,2H3. The van der Waals surface area contributed by atoms with Crippen molar-refractivity contribution in [2.24, 2.45) is 0 Å². The third-order valence-electron chi connectivity index (χ3n) is 1.62. The molecule has 0 aromatic heterocycles. The van der Waals surface area contributed by atoms with Crippen LogP contribution < -0.4 is 0 Å². The van der Waals surface area contributed by atoms with Crippen molar-refractivity contribution in [3.8, 4) is 0 Å². The summed E-state index contributed by atoms with van der Waals surface area (Å²) in [6, 6.07) is 10.6. The molecule has 1 atom stereocenters. The van der Waals surface area contributed by atoms with E-state index in [2.05, 4.69) is 50.1 Å². The van der Waals surface area contributed by atoms with Gasteiger partial charge in [-0.2, -0.15) is 11.8 Å². The molecule has 0 saturated carbocycles. The van der Waals surface area contributed by atoms with Crippen LogP contribution in [0.1, 0.15) is 24.7 Å². The summed E-state index contributed by atoms with van der Waals surface area (Å²) in [5, 5.41) is 0.626. The molecule has 1 rings (SSSR count). The van der Waals surface area contributed by atoms with Crippen LogP contribution in [0, 0.1) is 0 Å². The van der Waals surface area contributed by atoms with Gasteiger partial charge in [0.2, 0.25) is 0 Å². The van der Waals surface area contributed by atoms with E-state index in [1.54, 1.807) is 6.08 Å². The van der Waals surface area contributed by atoms with Gasteiger partial charge in [0.25, 0.3) is 0 Å². The SMILES string of the molecule is C=CC.CSC(C)c1ccccc1. The highest BCUT2D eigenvalue weighted by Crippen LogP contribution is 2.24. The number of benzene rings is 1. The van der Waals surface area contributed by atoms with E-state index in [0.717, 1.165) is 0 Å². The van der Waals surface area contributed by atoms with Crippen LogP contribution in [0.2, 0.25) is 0 Å². The Bertz CT molecular complexity index is 216. The normalized spacial score (nSPS) is 11.0. The third kappa shape index (κ3) is 5.53. The lowest BCUT2D eigenvalue weighted by atomic mass is 10.2. The maximum absolute atomic E-state index is 3.36. The fourth-order valence-corrected chi connectivity index (χ4v) is 1.29. The highest BCUT2D eigenvalue weighted by molar-refractivity contribution is 7.98. The number of thioether (sulfide) groups is 1. The number of hydrogen-bond donors (Lipinski definition) is 0. The van der Waals surface area contributed by atoms with Crippen LogP contribution in [-0.2, 0) is 0 Å². The van der Waals surface area contributed by atoms with Crippen molar-refractivity contribution >= 4 is 11.8 Å². The van der Waals surface area contributed by atoms with Gasteiger partial charge in [0.1, 0.15) is 0 Å². The fourth-order valence-electron chi connectivity index (χ4n) is 0.860. The molecule has 0 radical (unpaired) electrons. The monoisotopic (exact) mass is 194 g/mol. The molecule has 0 nitrogen and oxygen atoms in total. The number of rotatable bonds is 2. The molecular weight excluding hydrogens is 176 g/mol. The van der Waals surface area contributed by atoms with E-state index in [-0.39, 0.29) is 0 Å². The van der Waals surface area contributed by atoms with Crippen LogP contribution in [0.3, 0.4) is 0 Å². The molecule has 1 unspecified atom stereocenters. The third-order valence-corrected chi connectivity index (χ3v) is 2.60. The van der Waals surface area contributed by atoms with E-state index in [1.165, 1.54) is 5.56 Å². The lowest BCUT2D eigenvalue weighted by Crippen LogP contribution is -1.84. The largest absolute Gasteiger partial charge is 0.158 e. The number of hydrogen-bond acceptors (Lipinski definition) is 1. The molecule has 72 valence electrons. The van der Waals surface area contributed by atoms with Gasteiger partial charge in [0, 0.05) is 5.25 Å². The van der Waals surface area contributed by atoms with Gasteiger partial charge in [-0.1, -0.05) is 36.4 Å². The van der Waals surface area contributed by atoms with Gasteiger partial charge in [0.15, 0.2) is 0 Å². The summed E-state index contributed by atoms with van der Waals surface area (Å²) in [5.41, 5.74) is 1.41. The first-order valence-electron chi connectivity index (χ1n) is 4.41. The van der Waals surface area contributed by atoms with Crippen molar-refractivity contribution in [3.05, 3.63) is 48.6 Å². The molecule has 0 aliphatic rings. The van der Waals surface area contributed by atoms with E-state index < -0.39 is 0 Å². The van der Waals surface area contributed by atoms with E-state index in [9.17, 15) is 0 Å². The van der Waals surface area contributed by atoms with Crippen LogP contribution in [0.4, 0.5) is 0 Å². The van der Waals surface area contributed by atoms with Gasteiger partial charge in [0.05, 0.1) is 0 Å². The second-order valence-corrected chi connectivity index (χ2v) is 3.88. The molecule has 0 heterocycles. The van der Waals surface area contributed by atoms with Crippen molar-refractivity contribution in [3.63, 3.8) is 0 Å². The van der Waals surface area contributed by atoms with E-state index in [0.29, 0.717) is 5.25 Å². The quantitative estimate of drug-likeness (QED) is 0.632. The molecule has 1 aromatic rings. The van der Waals surface area contributed by atoms with Crippen molar-refractivity contribution < 1.29 is 0 Å². The van der Waals surface area contributed by atoms with Crippen LogP contribution in [0.5, 0.6) is 0 Å². The summed E-state index contributed by atoms with van der Waals surface area (Å²) in [7, 11) is 0. The molecule has 0 spiro atoms. The lowest BCUT2D eigenvalue weighted by Gasteiger charge is -2.06. The topological polar surface area (TPSA) is 0 Å². The molecule has 0 amide bonds. The maximum Gasteiger partial charge on any atom is 0.0266 e. The highest BCUT2D eigenvalue weighted by atomic mass is 32.2. The van der Waals surface area contributed by atoms with Crippen LogP contribution in [0.25, 0.3) is 0 Å². The Morgan fingerprint density at radius 3 is 2.15 bits per heavy atom. The summed E-state index contributed by atoms with van der Waals surface area (Å²) in [6.07, 6.45) is 3.89. The Morgan fingerprint density at radius 1 is 1.31 bits per heavy atom. The summed E-state index contributed by atoms with van der Waals surface area (Å²) in [6.45, 7) is 7.47. The molecule has 0 aliphatic carbocycles. The van der Waals surface area contributed by atoms with Crippen molar-refractivity contribution in [1.82, 2.24) is 0 Å². The van der Waals surface area contributed by atoms with Crippen LogP contribution in [0.15, 0.2) is 43.0 Å². The second kappa shape index (κ2) is 7.93. The highest BCUT2D eigenvalue weighted by Gasteiger charge is 1.99. The van der Waals surface area contributed by atoms with Gasteiger partial charge in [-0.05, 0) is 25.7 Å². The molecule has 13 heavy (non-hydrogen) atoms. The van der Waals surface area contributed by atoms with Gasteiger partial charge >= 0.3 is 0 Å². The minimum absolute atomic E-state index is 0.626. The predicted octanol–water partition coefficient (Wildman–Crippen LogP) is 4.30. The van der Waals surface area contributed by atoms with E-state index >= 15 is 0 Å².